The molecule has 0 unspecified atom stereocenters. The zero-order valence-corrected chi connectivity index (χ0v) is 23.1. The SMILES string of the molecule is Cc1cccc(C)c1-c1nc2ccccc2n1-c1cccc(-n2c(-c3c(C)cccc3C)nc3ccccc32)n1. The van der Waals surface area contributed by atoms with Crippen LogP contribution < -0.4 is 0 Å². The van der Waals surface area contributed by atoms with Gasteiger partial charge in [0.05, 0.1) is 22.1 Å². The number of aromatic nitrogens is 5. The highest BCUT2D eigenvalue weighted by Gasteiger charge is 2.21. The summed E-state index contributed by atoms with van der Waals surface area (Å²) in [6.45, 7) is 8.57. The number of hydrogen-bond acceptors (Lipinski definition) is 3. The molecule has 4 aromatic carbocycles. The van der Waals surface area contributed by atoms with Crippen LogP contribution in [-0.2, 0) is 0 Å². The lowest BCUT2D eigenvalue weighted by Crippen LogP contribution is -2.07. The minimum atomic E-state index is 0.814. The van der Waals surface area contributed by atoms with Gasteiger partial charge in [-0.05, 0) is 86.3 Å². The Labute approximate surface area is 233 Å². The molecule has 0 aliphatic rings. The number of nitrogens with zero attached hydrogens (tertiary/aromatic N) is 5. The summed E-state index contributed by atoms with van der Waals surface area (Å²) < 4.78 is 4.37. The number of hydrogen-bond donors (Lipinski definition) is 0. The first-order chi connectivity index (χ1) is 19.5. The lowest BCUT2D eigenvalue weighted by atomic mass is 10.0. The van der Waals surface area contributed by atoms with E-state index in [1.165, 1.54) is 22.3 Å². The Balaban J connectivity index is 1.52. The lowest BCUT2D eigenvalue weighted by Gasteiger charge is -2.16. The second kappa shape index (κ2) is 9.31. The van der Waals surface area contributed by atoms with Crippen LogP contribution in [0.15, 0.2) is 103 Å². The second-order valence-electron chi connectivity index (χ2n) is 10.4. The summed E-state index contributed by atoms with van der Waals surface area (Å²) in [5, 5.41) is 0. The van der Waals surface area contributed by atoms with E-state index in [1.807, 2.05) is 12.1 Å². The minimum Gasteiger partial charge on any atom is -0.276 e. The van der Waals surface area contributed by atoms with Gasteiger partial charge in [-0.2, -0.15) is 0 Å². The number of pyridine rings is 1. The highest BCUT2D eigenvalue weighted by molar-refractivity contribution is 5.86. The highest BCUT2D eigenvalue weighted by atomic mass is 15.2. The van der Waals surface area contributed by atoms with Crippen molar-refractivity contribution in [3.05, 3.63) is 125 Å². The molecule has 0 atom stereocenters. The summed E-state index contributed by atoms with van der Waals surface area (Å²) >= 11 is 0. The van der Waals surface area contributed by atoms with Gasteiger partial charge >= 0.3 is 0 Å². The van der Waals surface area contributed by atoms with Crippen molar-refractivity contribution in [3.8, 4) is 34.4 Å². The molecule has 0 bridgehead atoms. The van der Waals surface area contributed by atoms with Gasteiger partial charge in [0.2, 0.25) is 0 Å². The monoisotopic (exact) mass is 519 g/mol. The van der Waals surface area contributed by atoms with Crippen LogP contribution in [0.4, 0.5) is 0 Å². The first-order valence-corrected chi connectivity index (χ1v) is 13.6. The van der Waals surface area contributed by atoms with Gasteiger partial charge in [-0.3, -0.25) is 9.13 Å². The fraction of sp³-hybridized carbons (Fsp3) is 0.114. The summed E-state index contributed by atoms with van der Waals surface area (Å²) in [6, 6.07) is 35.5. The van der Waals surface area contributed by atoms with E-state index >= 15 is 0 Å². The van der Waals surface area contributed by atoms with Gasteiger partial charge in [-0.25, -0.2) is 15.0 Å². The Morgan fingerprint density at radius 1 is 0.400 bits per heavy atom. The Morgan fingerprint density at radius 2 is 0.775 bits per heavy atom. The van der Waals surface area contributed by atoms with Crippen molar-refractivity contribution in [3.63, 3.8) is 0 Å². The van der Waals surface area contributed by atoms with E-state index in [2.05, 4.69) is 128 Å². The molecule has 0 fully saturated rings. The van der Waals surface area contributed by atoms with Gasteiger partial charge in [0, 0.05) is 11.1 Å². The molecule has 0 aliphatic carbocycles. The fourth-order valence-electron chi connectivity index (χ4n) is 5.85. The number of para-hydroxylation sites is 4. The third kappa shape index (κ3) is 3.74. The molecule has 3 heterocycles. The molecule has 5 heteroatoms. The molecule has 0 saturated carbocycles. The molecule has 5 nitrogen and oxygen atoms in total. The second-order valence-corrected chi connectivity index (χ2v) is 10.4. The Bertz CT molecular complexity index is 1880. The number of aryl methyl sites for hydroxylation is 4. The molecule has 7 aromatic rings. The molecule has 0 saturated heterocycles. The third-order valence-electron chi connectivity index (χ3n) is 7.71. The number of imidazole rings is 2. The van der Waals surface area contributed by atoms with Gasteiger partial charge < -0.3 is 0 Å². The first kappa shape index (κ1) is 24.0. The van der Waals surface area contributed by atoms with Crippen LogP contribution in [0.3, 0.4) is 0 Å². The summed E-state index contributed by atoms with van der Waals surface area (Å²) in [6.07, 6.45) is 0. The summed E-state index contributed by atoms with van der Waals surface area (Å²) in [5.41, 5.74) is 10.9. The van der Waals surface area contributed by atoms with Crippen LogP contribution in [0.5, 0.6) is 0 Å². The van der Waals surface area contributed by atoms with Gasteiger partial charge in [0.1, 0.15) is 23.3 Å². The van der Waals surface area contributed by atoms with Crippen molar-refractivity contribution in [1.29, 1.82) is 0 Å². The van der Waals surface area contributed by atoms with Gasteiger partial charge in [0.25, 0.3) is 0 Å². The molecule has 3 aromatic heterocycles. The maximum Gasteiger partial charge on any atom is 0.147 e. The Morgan fingerprint density at radius 3 is 1.20 bits per heavy atom. The largest absolute Gasteiger partial charge is 0.276 e. The van der Waals surface area contributed by atoms with Gasteiger partial charge in [-0.1, -0.05) is 66.7 Å². The standard InChI is InChI=1S/C35H29N5/c1-22-12-9-13-23(2)32(22)34-36-26-16-5-7-18-28(26)39(34)30-20-11-21-31(38-30)40-29-19-8-6-17-27(29)37-35(40)33-24(3)14-10-15-25(33)4/h5-21H,1-4H3. The van der Waals surface area contributed by atoms with Crippen LogP contribution in [0, 0.1) is 27.7 Å². The number of benzene rings is 4. The van der Waals surface area contributed by atoms with Crippen molar-refractivity contribution < 1.29 is 0 Å². The highest BCUT2D eigenvalue weighted by Crippen LogP contribution is 2.35. The zero-order chi connectivity index (χ0) is 27.4. The summed E-state index contributed by atoms with van der Waals surface area (Å²) in [4.78, 5) is 15.5. The zero-order valence-electron chi connectivity index (χ0n) is 23.1. The van der Waals surface area contributed by atoms with Crippen LogP contribution in [0.1, 0.15) is 22.3 Å². The molecule has 194 valence electrons. The van der Waals surface area contributed by atoms with Gasteiger partial charge in [-0.15, -0.1) is 0 Å². The van der Waals surface area contributed by atoms with Crippen molar-refractivity contribution >= 4 is 22.1 Å². The van der Waals surface area contributed by atoms with Crippen LogP contribution in [-0.4, -0.2) is 24.1 Å². The van der Waals surface area contributed by atoms with Gasteiger partial charge in [0.15, 0.2) is 0 Å². The predicted octanol–water partition coefficient (Wildman–Crippen LogP) is 8.33. The van der Waals surface area contributed by atoms with Crippen molar-refractivity contribution in [2.24, 2.45) is 0 Å². The predicted molar refractivity (Wildman–Crippen MR) is 163 cm³/mol. The average molecular weight is 520 g/mol. The average Bonchev–Trinajstić information content (AvgIpc) is 3.52. The summed E-state index contributed by atoms with van der Waals surface area (Å²) in [7, 11) is 0. The van der Waals surface area contributed by atoms with Crippen molar-refractivity contribution in [2.75, 3.05) is 0 Å². The third-order valence-corrected chi connectivity index (χ3v) is 7.71. The fourth-order valence-corrected chi connectivity index (χ4v) is 5.85. The van der Waals surface area contributed by atoms with E-state index < -0.39 is 0 Å². The summed E-state index contributed by atoms with van der Waals surface area (Å²) in [5.74, 6) is 3.42. The molecular weight excluding hydrogens is 490 g/mol. The molecule has 0 amide bonds. The van der Waals surface area contributed by atoms with Crippen molar-refractivity contribution in [1.82, 2.24) is 24.1 Å². The van der Waals surface area contributed by atoms with E-state index in [1.54, 1.807) is 0 Å². The molecule has 0 aliphatic heterocycles. The quantitative estimate of drug-likeness (QED) is 0.235. The van der Waals surface area contributed by atoms with E-state index in [0.29, 0.717) is 0 Å². The molecule has 0 spiro atoms. The molecule has 7 rings (SSSR count). The van der Waals surface area contributed by atoms with Crippen LogP contribution in [0.2, 0.25) is 0 Å². The minimum absolute atomic E-state index is 0.814. The number of fused-ring (bicyclic) bond motifs is 2. The van der Waals surface area contributed by atoms with Crippen molar-refractivity contribution in [2.45, 2.75) is 27.7 Å². The van der Waals surface area contributed by atoms with E-state index in [9.17, 15) is 0 Å². The lowest BCUT2D eigenvalue weighted by molar-refractivity contribution is 0.968. The molecule has 40 heavy (non-hydrogen) atoms. The van der Waals surface area contributed by atoms with E-state index in [4.69, 9.17) is 15.0 Å². The normalized spacial score (nSPS) is 11.5. The van der Waals surface area contributed by atoms with Crippen LogP contribution >= 0.6 is 0 Å². The Kier molecular flexibility index (Phi) is 5.60. The topological polar surface area (TPSA) is 48.5 Å². The van der Waals surface area contributed by atoms with E-state index in [0.717, 1.165) is 56.5 Å². The maximum atomic E-state index is 5.29. The number of rotatable bonds is 4. The molecular formula is C35H29N5. The van der Waals surface area contributed by atoms with Crippen LogP contribution in [0.25, 0.3) is 56.5 Å². The smallest absolute Gasteiger partial charge is 0.147 e. The maximum absolute atomic E-state index is 5.29. The first-order valence-electron chi connectivity index (χ1n) is 13.6. The molecule has 0 radical (unpaired) electrons. The molecule has 0 N–H and O–H groups in total. The Hall–Kier alpha value is -5.03. The van der Waals surface area contributed by atoms with E-state index in [-0.39, 0.29) is 0 Å².